The summed E-state index contributed by atoms with van der Waals surface area (Å²) >= 11 is 0. The van der Waals surface area contributed by atoms with Crippen LogP contribution in [-0.4, -0.2) is 63.8 Å². The number of aromatic nitrogens is 4. The van der Waals surface area contributed by atoms with Gasteiger partial charge in [0.2, 0.25) is 11.8 Å². The molecule has 0 saturated heterocycles. The van der Waals surface area contributed by atoms with Gasteiger partial charge in [-0.3, -0.25) is 4.79 Å². The molecule has 1 aliphatic heterocycles. The highest BCUT2D eigenvalue weighted by atomic mass is 32.2. The number of hydrogen-bond acceptors (Lipinski definition) is 9. The largest absolute Gasteiger partial charge is 0.487 e. The first-order valence-electron chi connectivity index (χ1n) is 15.9. The molecule has 1 atom stereocenters. The molecular formula is C35H38F2N6O5S. The van der Waals surface area contributed by atoms with E-state index >= 15 is 0 Å². The number of fused-ring (bicyclic) bond motifs is 4. The number of carbonyl (C=O) groups excluding carboxylic acids is 1. The van der Waals surface area contributed by atoms with Crippen molar-refractivity contribution in [1.82, 2.24) is 24.8 Å². The Labute approximate surface area is 284 Å². The van der Waals surface area contributed by atoms with Crippen molar-refractivity contribution in [3.63, 3.8) is 0 Å². The molecule has 1 aliphatic carbocycles. The number of rotatable bonds is 6. The van der Waals surface area contributed by atoms with E-state index in [1.54, 1.807) is 17.0 Å². The molecule has 258 valence electrons. The van der Waals surface area contributed by atoms with Crippen LogP contribution < -0.4 is 14.2 Å². The fourth-order valence-corrected chi connectivity index (χ4v) is 7.06. The number of sulfonamides is 1. The predicted octanol–water partition coefficient (Wildman–Crippen LogP) is 6.37. The Balaban J connectivity index is 1.40. The molecule has 0 unspecified atom stereocenters. The summed E-state index contributed by atoms with van der Waals surface area (Å²) in [6.07, 6.45) is 1.94. The first kappa shape index (κ1) is 34.2. The maximum atomic E-state index is 14.3. The lowest BCUT2D eigenvalue weighted by Gasteiger charge is -2.35. The van der Waals surface area contributed by atoms with Gasteiger partial charge < -0.3 is 14.4 Å². The molecular weight excluding hydrogens is 654 g/mol. The number of amides is 1. The molecule has 1 N–H and O–H groups in total. The number of benzene rings is 2. The number of nitrogens with zero attached hydrogens (tertiary/aromatic N) is 5. The Morgan fingerprint density at radius 2 is 1.69 bits per heavy atom. The Morgan fingerprint density at radius 1 is 1.02 bits per heavy atom. The number of ether oxygens (including phenoxy) is 2. The van der Waals surface area contributed by atoms with E-state index in [4.69, 9.17) is 9.47 Å². The zero-order valence-corrected chi connectivity index (χ0v) is 28.7. The fourth-order valence-electron chi connectivity index (χ4n) is 6.07. The minimum absolute atomic E-state index is 0.00911. The number of alkyl halides is 2. The van der Waals surface area contributed by atoms with E-state index < -0.39 is 34.0 Å². The third-order valence-electron chi connectivity index (χ3n) is 8.38. The minimum atomic E-state index is -4.23. The minimum Gasteiger partial charge on any atom is -0.487 e. The van der Waals surface area contributed by atoms with E-state index in [1.807, 2.05) is 52.8 Å². The summed E-state index contributed by atoms with van der Waals surface area (Å²) in [7, 11) is -4.23. The molecule has 49 heavy (non-hydrogen) atoms. The van der Waals surface area contributed by atoms with Crippen molar-refractivity contribution in [3.8, 4) is 22.9 Å². The van der Waals surface area contributed by atoms with Crippen LogP contribution in [0.4, 0.5) is 14.7 Å². The molecule has 2 aliphatic rings. The molecule has 2 aromatic heterocycles. The van der Waals surface area contributed by atoms with Gasteiger partial charge in [0, 0.05) is 30.0 Å². The molecule has 14 heteroatoms. The molecule has 1 fully saturated rings. The molecule has 4 aromatic rings. The van der Waals surface area contributed by atoms with Gasteiger partial charge in [0.05, 0.1) is 35.6 Å². The fraction of sp³-hybridized carbons (Fsp3) is 0.400. The summed E-state index contributed by atoms with van der Waals surface area (Å²) < 4.78 is 68.2. The van der Waals surface area contributed by atoms with Gasteiger partial charge >= 0.3 is 0 Å². The van der Waals surface area contributed by atoms with Crippen LogP contribution in [0.15, 0.2) is 65.8 Å². The number of halogens is 2. The van der Waals surface area contributed by atoms with Gasteiger partial charge in [-0.05, 0) is 55.0 Å². The van der Waals surface area contributed by atoms with Crippen LogP contribution in [0.1, 0.15) is 67.3 Å². The Kier molecular flexibility index (Phi) is 9.03. The van der Waals surface area contributed by atoms with E-state index in [0.29, 0.717) is 12.1 Å². The molecule has 0 radical (unpaired) electrons. The molecule has 4 bridgehead atoms. The number of carbonyl (C=O) groups is 1. The van der Waals surface area contributed by atoms with E-state index in [2.05, 4.69) is 24.7 Å². The maximum absolute atomic E-state index is 14.3. The van der Waals surface area contributed by atoms with Crippen molar-refractivity contribution in [3.05, 3.63) is 83.4 Å². The van der Waals surface area contributed by atoms with Crippen LogP contribution in [0.5, 0.6) is 11.6 Å². The Hall–Kier alpha value is -4.72. The normalized spacial score (nSPS) is 19.0. The van der Waals surface area contributed by atoms with E-state index in [0.717, 1.165) is 16.7 Å². The van der Waals surface area contributed by atoms with Crippen LogP contribution in [0, 0.1) is 19.3 Å². The van der Waals surface area contributed by atoms with Crippen molar-refractivity contribution >= 4 is 21.9 Å². The lowest BCUT2D eigenvalue weighted by atomic mass is 9.87. The predicted molar refractivity (Wildman–Crippen MR) is 178 cm³/mol. The molecule has 0 spiro atoms. The van der Waals surface area contributed by atoms with Crippen molar-refractivity contribution in [1.29, 1.82) is 0 Å². The van der Waals surface area contributed by atoms with Gasteiger partial charge in [-0.2, -0.15) is 4.98 Å². The number of nitrogens with one attached hydrogen (secondary N) is 1. The van der Waals surface area contributed by atoms with Crippen LogP contribution in [-0.2, 0) is 16.6 Å². The second-order valence-electron chi connectivity index (χ2n) is 13.8. The zero-order valence-electron chi connectivity index (χ0n) is 27.9. The van der Waals surface area contributed by atoms with Gasteiger partial charge in [0.1, 0.15) is 18.5 Å². The Morgan fingerprint density at radius 3 is 2.35 bits per heavy atom. The highest BCUT2D eigenvalue weighted by Crippen LogP contribution is 2.39. The summed E-state index contributed by atoms with van der Waals surface area (Å²) in [5, 5.41) is 0. The standard InChI is InChI=1S/C35H38F2N6O5S/c1-21-8-6-9-22(2)31(21)28-13-30-41-33(40-28)42-49(45,46)27-11-7-10-23(12-27)32(44)43(24(20-47-30)14-34(3,4)5)19-29-38-17-26(18-39-29)48-25-15-35(36,37)16-25/h6-13,17-18,24-25H,14-16,19-20H2,1-5H3,(H,40,41,42)/t24-/m1/s1. The highest BCUT2D eigenvalue weighted by Gasteiger charge is 2.47. The van der Waals surface area contributed by atoms with Crippen LogP contribution in [0.25, 0.3) is 11.3 Å². The van der Waals surface area contributed by atoms with E-state index in [9.17, 15) is 22.0 Å². The maximum Gasteiger partial charge on any atom is 0.264 e. The van der Waals surface area contributed by atoms with Crippen LogP contribution >= 0.6 is 0 Å². The quantitative estimate of drug-likeness (QED) is 0.245. The van der Waals surface area contributed by atoms with Gasteiger partial charge in [0.25, 0.3) is 21.9 Å². The zero-order chi connectivity index (χ0) is 35.1. The summed E-state index contributed by atoms with van der Waals surface area (Å²) in [6.45, 7) is 9.97. The lowest BCUT2D eigenvalue weighted by Crippen LogP contribution is -2.45. The number of anilines is 1. The summed E-state index contributed by atoms with van der Waals surface area (Å²) in [4.78, 5) is 33.5. The van der Waals surface area contributed by atoms with Crippen molar-refractivity contribution < 1.29 is 31.5 Å². The molecule has 1 saturated carbocycles. The average molecular weight is 693 g/mol. The van der Waals surface area contributed by atoms with Crippen molar-refractivity contribution in [2.45, 2.75) is 83.4 Å². The van der Waals surface area contributed by atoms with Gasteiger partial charge in [0.15, 0.2) is 5.75 Å². The monoisotopic (exact) mass is 692 g/mol. The molecule has 6 rings (SSSR count). The second kappa shape index (κ2) is 13.0. The molecule has 2 aromatic carbocycles. The molecule has 3 heterocycles. The van der Waals surface area contributed by atoms with Gasteiger partial charge in [-0.25, -0.2) is 36.9 Å². The first-order chi connectivity index (χ1) is 23.0. The highest BCUT2D eigenvalue weighted by molar-refractivity contribution is 7.92. The summed E-state index contributed by atoms with van der Waals surface area (Å²) in [5.41, 5.74) is 3.04. The summed E-state index contributed by atoms with van der Waals surface area (Å²) in [6, 6.07) is 12.7. The molecule has 1 amide bonds. The van der Waals surface area contributed by atoms with E-state index in [1.165, 1.54) is 30.6 Å². The number of hydrogen-bond donors (Lipinski definition) is 1. The van der Waals surface area contributed by atoms with Crippen molar-refractivity contribution in [2.24, 2.45) is 5.41 Å². The topological polar surface area (TPSA) is 136 Å². The van der Waals surface area contributed by atoms with Gasteiger partial charge in [-0.15, -0.1) is 0 Å². The third-order valence-corrected chi connectivity index (χ3v) is 9.70. The molecule has 11 nitrogen and oxygen atoms in total. The van der Waals surface area contributed by atoms with Crippen molar-refractivity contribution in [2.75, 3.05) is 11.3 Å². The lowest BCUT2D eigenvalue weighted by molar-refractivity contribution is -0.134. The smallest absolute Gasteiger partial charge is 0.264 e. The number of aryl methyl sites for hydroxylation is 2. The van der Waals surface area contributed by atoms with Gasteiger partial charge in [-0.1, -0.05) is 45.0 Å². The van der Waals surface area contributed by atoms with Crippen LogP contribution in [0.3, 0.4) is 0 Å². The summed E-state index contributed by atoms with van der Waals surface area (Å²) in [5.74, 6) is -2.70. The Bertz CT molecular complexity index is 1960. The average Bonchev–Trinajstić information content (AvgIpc) is 3.00. The SMILES string of the molecule is Cc1cccc(C)c1-c1cc2nc(n1)NS(=O)(=O)c1cccc(c1)C(=O)N(Cc1ncc(OC3CC(F)(F)C3)cn1)[C@H](CC(C)(C)C)CO2. The van der Waals surface area contributed by atoms with E-state index in [-0.39, 0.29) is 65.3 Å². The van der Waals surface area contributed by atoms with Crippen LogP contribution in [0.2, 0.25) is 0 Å². The first-order valence-corrected chi connectivity index (χ1v) is 17.4. The second-order valence-corrected chi connectivity index (χ2v) is 15.5. The third kappa shape index (κ3) is 7.96.